The number of rotatable bonds is 7. The molecule has 1 rings (SSSR count). The minimum absolute atomic E-state index is 0.00463. The lowest BCUT2D eigenvalue weighted by molar-refractivity contribution is -0.155. The van der Waals surface area contributed by atoms with Gasteiger partial charge in [-0.15, -0.1) is 0 Å². The van der Waals surface area contributed by atoms with Crippen LogP contribution in [0.4, 0.5) is 0 Å². The number of esters is 1. The summed E-state index contributed by atoms with van der Waals surface area (Å²) < 4.78 is 35.3. The maximum Gasteiger partial charge on any atom is 0.334 e. The Morgan fingerprint density at radius 1 is 1.43 bits per heavy atom. The molecule has 0 aliphatic carbocycles. The maximum atomic E-state index is 11.7. The largest absolute Gasteiger partial charge is 0.467 e. The molecule has 0 aromatic heterocycles. The Bertz CT molecular complexity index is 451. The van der Waals surface area contributed by atoms with Gasteiger partial charge in [0.2, 0.25) is 10.0 Å². The second-order valence-corrected chi connectivity index (χ2v) is 8.52. The van der Waals surface area contributed by atoms with Crippen LogP contribution in [0.15, 0.2) is 0 Å². The van der Waals surface area contributed by atoms with E-state index in [4.69, 9.17) is 9.47 Å². The number of carbonyl (C=O) groups excluding carboxylic acids is 1. The minimum atomic E-state index is -3.29. The Balaban J connectivity index is 2.67. The van der Waals surface area contributed by atoms with E-state index in [0.29, 0.717) is 19.4 Å². The van der Waals surface area contributed by atoms with Crippen molar-refractivity contribution in [3.05, 3.63) is 0 Å². The molecule has 0 radical (unpaired) electrons. The first-order valence-electron chi connectivity index (χ1n) is 6.99. The molecule has 1 aliphatic heterocycles. The summed E-state index contributed by atoms with van der Waals surface area (Å²) in [6.45, 7) is 4.53. The number of ether oxygens (including phenoxy) is 2. The third kappa shape index (κ3) is 5.77. The van der Waals surface area contributed by atoms with E-state index < -0.39 is 22.1 Å². The summed E-state index contributed by atoms with van der Waals surface area (Å²) in [5.74, 6) is -0.142. The van der Waals surface area contributed by atoms with E-state index >= 15 is 0 Å². The summed E-state index contributed by atoms with van der Waals surface area (Å²) >= 11 is 4.35. The van der Waals surface area contributed by atoms with Gasteiger partial charge in [0.1, 0.15) is 0 Å². The van der Waals surface area contributed by atoms with Crippen LogP contribution in [0.2, 0.25) is 0 Å². The zero-order valence-corrected chi connectivity index (χ0v) is 14.7. The minimum Gasteiger partial charge on any atom is -0.467 e. The number of methoxy groups -OCH3 is 1. The molecule has 0 bridgehead atoms. The number of sulfonamides is 1. The number of nitrogens with zero attached hydrogens (tertiary/aromatic N) is 1. The monoisotopic (exact) mass is 339 g/mol. The summed E-state index contributed by atoms with van der Waals surface area (Å²) in [4.78, 5) is 11.7. The van der Waals surface area contributed by atoms with Gasteiger partial charge in [0, 0.05) is 17.8 Å². The van der Waals surface area contributed by atoms with Gasteiger partial charge in [0.25, 0.3) is 0 Å². The van der Waals surface area contributed by atoms with Gasteiger partial charge in [-0.2, -0.15) is 16.9 Å². The lowest BCUT2D eigenvalue weighted by Crippen LogP contribution is -2.40. The molecule has 1 heterocycles. The van der Waals surface area contributed by atoms with E-state index in [0.717, 1.165) is 0 Å². The molecule has 8 heteroatoms. The molecule has 1 aliphatic rings. The molecule has 0 amide bonds. The van der Waals surface area contributed by atoms with Crippen molar-refractivity contribution in [2.75, 3.05) is 26.5 Å². The number of thiol groups is 1. The molecule has 0 aromatic carbocycles. The Morgan fingerprint density at radius 3 is 2.52 bits per heavy atom. The quantitative estimate of drug-likeness (QED) is 0.552. The molecule has 0 unspecified atom stereocenters. The zero-order valence-electron chi connectivity index (χ0n) is 13.0. The first-order chi connectivity index (χ1) is 9.65. The molecule has 124 valence electrons. The van der Waals surface area contributed by atoms with E-state index in [1.54, 1.807) is 0 Å². The summed E-state index contributed by atoms with van der Waals surface area (Å²) in [7, 11) is -1.97. The van der Waals surface area contributed by atoms with Crippen molar-refractivity contribution in [2.45, 2.75) is 44.1 Å². The van der Waals surface area contributed by atoms with Gasteiger partial charge < -0.3 is 9.47 Å². The number of hydrogen-bond acceptors (Lipinski definition) is 6. The highest BCUT2D eigenvalue weighted by molar-refractivity contribution is 7.88. The van der Waals surface area contributed by atoms with Gasteiger partial charge >= 0.3 is 5.97 Å². The zero-order chi connectivity index (χ0) is 16.2. The van der Waals surface area contributed by atoms with Crippen LogP contribution in [0, 0.1) is 5.92 Å². The topological polar surface area (TPSA) is 72.9 Å². The van der Waals surface area contributed by atoms with Crippen molar-refractivity contribution in [1.82, 2.24) is 4.31 Å². The highest BCUT2D eigenvalue weighted by Gasteiger charge is 2.37. The van der Waals surface area contributed by atoms with Crippen LogP contribution in [-0.2, 0) is 24.3 Å². The summed E-state index contributed by atoms with van der Waals surface area (Å²) in [5.41, 5.74) is 0. The molecule has 0 aromatic rings. The Kier molecular flexibility index (Phi) is 6.96. The maximum absolute atomic E-state index is 11.7. The normalized spacial score (nSPS) is 25.2. The standard InChI is InChI=1S/C13H25NO5S2/c1-9(2)5-12(13(15)18-3)19-8-10-6-11(20)7-14(10)21(4,16)17/h9-12,20H,5-8H2,1-4H3/t10-,11+,12+/m0/s1. The second kappa shape index (κ2) is 7.80. The Hall–Kier alpha value is -0.310. The molecular weight excluding hydrogens is 314 g/mol. The van der Waals surface area contributed by atoms with Gasteiger partial charge in [0.15, 0.2) is 6.10 Å². The molecule has 0 N–H and O–H groups in total. The van der Waals surface area contributed by atoms with E-state index in [1.165, 1.54) is 17.7 Å². The van der Waals surface area contributed by atoms with Crippen molar-refractivity contribution < 1.29 is 22.7 Å². The van der Waals surface area contributed by atoms with Crippen LogP contribution in [0.25, 0.3) is 0 Å². The second-order valence-electron chi connectivity index (χ2n) is 5.85. The molecule has 0 saturated carbocycles. The van der Waals surface area contributed by atoms with Crippen molar-refractivity contribution in [3.8, 4) is 0 Å². The lowest BCUT2D eigenvalue weighted by Gasteiger charge is -2.24. The van der Waals surface area contributed by atoms with E-state index in [1.807, 2.05) is 13.8 Å². The van der Waals surface area contributed by atoms with Crippen LogP contribution in [-0.4, -0.2) is 62.6 Å². The molecule has 0 spiro atoms. The molecule has 6 nitrogen and oxygen atoms in total. The van der Waals surface area contributed by atoms with Crippen molar-refractivity contribution in [3.63, 3.8) is 0 Å². The predicted octanol–water partition coefficient (Wildman–Crippen LogP) is 0.923. The first-order valence-corrected chi connectivity index (χ1v) is 9.36. The summed E-state index contributed by atoms with van der Waals surface area (Å²) in [6, 6.07) is -0.276. The smallest absolute Gasteiger partial charge is 0.334 e. The van der Waals surface area contributed by atoms with Crippen LogP contribution >= 0.6 is 12.6 Å². The predicted molar refractivity (Wildman–Crippen MR) is 83.9 cm³/mol. The fraction of sp³-hybridized carbons (Fsp3) is 0.923. The van der Waals surface area contributed by atoms with Gasteiger partial charge in [-0.3, -0.25) is 0 Å². The Labute approximate surface area is 132 Å². The Morgan fingerprint density at radius 2 is 2.05 bits per heavy atom. The first kappa shape index (κ1) is 18.7. The SMILES string of the molecule is COC(=O)[C@@H](CC(C)C)OC[C@@H]1C[C@@H](S)CN1S(C)(=O)=O. The molecule has 21 heavy (non-hydrogen) atoms. The van der Waals surface area contributed by atoms with Crippen LogP contribution < -0.4 is 0 Å². The van der Waals surface area contributed by atoms with Crippen LogP contribution in [0.3, 0.4) is 0 Å². The van der Waals surface area contributed by atoms with Crippen LogP contribution in [0.5, 0.6) is 0 Å². The molecule has 3 atom stereocenters. The van der Waals surface area contributed by atoms with E-state index in [9.17, 15) is 13.2 Å². The fourth-order valence-electron chi connectivity index (χ4n) is 2.44. The average molecular weight is 339 g/mol. The highest BCUT2D eigenvalue weighted by Crippen LogP contribution is 2.25. The van der Waals surface area contributed by atoms with E-state index in [2.05, 4.69) is 12.6 Å². The number of hydrogen-bond donors (Lipinski definition) is 1. The van der Waals surface area contributed by atoms with Crippen LogP contribution in [0.1, 0.15) is 26.7 Å². The lowest BCUT2D eigenvalue weighted by atomic mass is 10.1. The van der Waals surface area contributed by atoms with Gasteiger partial charge in [-0.1, -0.05) is 13.8 Å². The number of carbonyl (C=O) groups is 1. The summed E-state index contributed by atoms with van der Waals surface area (Å²) in [5, 5.41) is -0.00463. The van der Waals surface area contributed by atoms with Gasteiger partial charge in [-0.25, -0.2) is 13.2 Å². The average Bonchev–Trinajstić information content (AvgIpc) is 2.74. The molecule has 1 saturated heterocycles. The van der Waals surface area contributed by atoms with E-state index in [-0.39, 0.29) is 23.8 Å². The fourth-order valence-corrected chi connectivity index (χ4v) is 4.11. The van der Waals surface area contributed by atoms with Gasteiger partial charge in [-0.05, 0) is 18.8 Å². The molecule has 1 fully saturated rings. The van der Waals surface area contributed by atoms with Gasteiger partial charge in [0.05, 0.1) is 20.0 Å². The van der Waals surface area contributed by atoms with Crippen molar-refractivity contribution >= 4 is 28.6 Å². The summed E-state index contributed by atoms with van der Waals surface area (Å²) in [6.07, 6.45) is 1.68. The van der Waals surface area contributed by atoms with Crippen molar-refractivity contribution in [2.24, 2.45) is 5.92 Å². The van der Waals surface area contributed by atoms with Crippen molar-refractivity contribution in [1.29, 1.82) is 0 Å². The highest BCUT2D eigenvalue weighted by atomic mass is 32.2. The third-order valence-electron chi connectivity index (χ3n) is 3.41. The third-order valence-corrected chi connectivity index (χ3v) is 5.08. The molecular formula is C13H25NO5S2.